The third kappa shape index (κ3) is 6.27. The van der Waals surface area contributed by atoms with E-state index in [1.165, 1.54) is 11.3 Å². The van der Waals surface area contributed by atoms with E-state index in [-0.39, 0.29) is 30.3 Å². The molecule has 0 radical (unpaired) electrons. The predicted molar refractivity (Wildman–Crippen MR) is 180 cm³/mol. The fourth-order valence-electron chi connectivity index (χ4n) is 6.15. The van der Waals surface area contributed by atoms with Crippen molar-refractivity contribution in [3.63, 3.8) is 0 Å². The Morgan fingerprint density at radius 2 is 1.74 bits per heavy atom. The predicted octanol–water partition coefficient (Wildman–Crippen LogP) is 4.36. The van der Waals surface area contributed by atoms with Gasteiger partial charge in [0.1, 0.15) is 11.8 Å². The number of esters is 1. The van der Waals surface area contributed by atoms with E-state index in [0.717, 1.165) is 36.7 Å². The molecule has 0 aliphatic carbocycles. The third-order valence-electron chi connectivity index (χ3n) is 8.32. The summed E-state index contributed by atoms with van der Waals surface area (Å²) in [6, 6.07) is 16.1. The van der Waals surface area contributed by atoms with Crippen LogP contribution in [-0.2, 0) is 14.3 Å². The molecule has 0 bridgehead atoms. The fourth-order valence-corrected chi connectivity index (χ4v) is 7.20. The number of thiazole rings is 1. The smallest absolute Gasteiger partial charge is 0.338 e. The number of hydrogen-bond donors (Lipinski definition) is 0. The van der Waals surface area contributed by atoms with Crippen LogP contribution < -0.4 is 29.1 Å². The molecule has 1 amide bonds. The molecule has 3 aromatic carbocycles. The van der Waals surface area contributed by atoms with Crippen molar-refractivity contribution in [3.05, 3.63) is 96.7 Å². The highest BCUT2D eigenvalue weighted by Crippen LogP contribution is 2.40. The fraction of sp³-hybridized carbons (Fsp3) is 0.333. The number of carbonyl (C=O) groups is 2. The number of benzene rings is 3. The van der Waals surface area contributed by atoms with Crippen molar-refractivity contribution in [1.29, 1.82) is 0 Å². The zero-order chi connectivity index (χ0) is 33.1. The number of likely N-dealkylation sites (tertiary alicyclic amines) is 1. The molecule has 10 nitrogen and oxygen atoms in total. The van der Waals surface area contributed by atoms with Crippen LogP contribution in [0, 0.1) is 0 Å². The number of ether oxygens (including phenoxy) is 4. The van der Waals surface area contributed by atoms with E-state index < -0.39 is 12.0 Å². The summed E-state index contributed by atoms with van der Waals surface area (Å²) in [6.45, 7) is 7.38. The van der Waals surface area contributed by atoms with Crippen LogP contribution in [0.25, 0.3) is 16.8 Å². The topological polar surface area (TPSA) is 109 Å². The van der Waals surface area contributed by atoms with E-state index in [0.29, 0.717) is 50.0 Å². The van der Waals surface area contributed by atoms with E-state index in [1.807, 2.05) is 54.3 Å². The van der Waals surface area contributed by atoms with Crippen LogP contribution in [0.3, 0.4) is 0 Å². The summed E-state index contributed by atoms with van der Waals surface area (Å²) in [5.74, 6) is 0.880. The van der Waals surface area contributed by atoms with Gasteiger partial charge < -0.3 is 23.8 Å². The second-order valence-electron chi connectivity index (χ2n) is 11.2. The monoisotopic (exact) mass is 655 g/mol. The summed E-state index contributed by atoms with van der Waals surface area (Å²) in [5, 5.41) is 1.79. The number of aromatic nitrogens is 1. The van der Waals surface area contributed by atoms with Gasteiger partial charge in [0.15, 0.2) is 22.9 Å². The van der Waals surface area contributed by atoms with Gasteiger partial charge in [0.05, 0.1) is 36.1 Å². The van der Waals surface area contributed by atoms with E-state index in [4.69, 9.17) is 23.9 Å². The Hall–Kier alpha value is -4.90. The van der Waals surface area contributed by atoms with Crippen LogP contribution in [-0.4, -0.2) is 61.4 Å². The molecule has 3 heterocycles. The standard InChI is InChI=1S/C36H37N3O7S/c1-5-44-28-19-23(13-15-26(28)46-21-30(40)38-17-9-10-18-38)20-29-34(41)39-33(31(35(42)45-6-2)22(3)37-36(39)47-29)32-25-12-8-7-11-24(25)14-16-27(32)43-4/h7-8,11-16,19-20,33H,5-6,9-10,17-18,21H2,1-4H3/b29-20+/t33-/m0/s1. The number of nitrogens with zero attached hydrogens (tertiary/aromatic N) is 3. The number of rotatable bonds is 10. The van der Waals surface area contributed by atoms with Crippen molar-refractivity contribution in [3.8, 4) is 17.2 Å². The first-order chi connectivity index (χ1) is 22.8. The van der Waals surface area contributed by atoms with Crippen molar-refractivity contribution < 1.29 is 28.5 Å². The first-order valence-corrected chi connectivity index (χ1v) is 16.6. The zero-order valence-electron chi connectivity index (χ0n) is 26.9. The molecule has 2 aliphatic heterocycles. The largest absolute Gasteiger partial charge is 0.496 e. The molecule has 1 saturated heterocycles. The Bertz CT molecular complexity index is 2060. The quantitative estimate of drug-likeness (QED) is 0.234. The van der Waals surface area contributed by atoms with Gasteiger partial charge in [0.25, 0.3) is 11.5 Å². The average Bonchev–Trinajstić information content (AvgIpc) is 3.72. The molecular weight excluding hydrogens is 618 g/mol. The van der Waals surface area contributed by atoms with Gasteiger partial charge in [-0.05, 0) is 74.2 Å². The maximum Gasteiger partial charge on any atom is 0.338 e. The Kier molecular flexibility index (Phi) is 9.44. The SMILES string of the molecule is CCOC(=O)C1=C(C)N=c2s/c(=C/c3ccc(OCC(=O)N4CCCC4)c(OCC)c3)c(=O)n2[C@@H]1c1c(OC)ccc2ccccc12. The number of fused-ring (bicyclic) bond motifs is 2. The highest BCUT2D eigenvalue weighted by molar-refractivity contribution is 7.07. The first-order valence-electron chi connectivity index (χ1n) is 15.8. The molecule has 0 spiro atoms. The van der Waals surface area contributed by atoms with Gasteiger partial charge in [0.2, 0.25) is 0 Å². The van der Waals surface area contributed by atoms with Crippen LogP contribution in [0.15, 0.2) is 75.7 Å². The summed E-state index contributed by atoms with van der Waals surface area (Å²) in [6.07, 6.45) is 3.79. The minimum atomic E-state index is -0.837. The lowest BCUT2D eigenvalue weighted by atomic mass is 9.90. The summed E-state index contributed by atoms with van der Waals surface area (Å²) in [4.78, 5) is 47.4. The number of methoxy groups -OCH3 is 1. The zero-order valence-corrected chi connectivity index (χ0v) is 27.7. The Balaban J connectivity index is 1.45. The van der Waals surface area contributed by atoms with Gasteiger partial charge in [-0.25, -0.2) is 9.79 Å². The second-order valence-corrected chi connectivity index (χ2v) is 12.2. The third-order valence-corrected chi connectivity index (χ3v) is 9.30. The maximum absolute atomic E-state index is 14.3. The highest BCUT2D eigenvalue weighted by Gasteiger charge is 2.36. The summed E-state index contributed by atoms with van der Waals surface area (Å²) in [5.41, 5.74) is 1.83. The Morgan fingerprint density at radius 1 is 0.979 bits per heavy atom. The van der Waals surface area contributed by atoms with Gasteiger partial charge in [-0.15, -0.1) is 0 Å². The highest BCUT2D eigenvalue weighted by atomic mass is 32.1. The molecule has 6 rings (SSSR count). The molecule has 244 valence electrons. The van der Waals surface area contributed by atoms with Gasteiger partial charge in [-0.3, -0.25) is 14.2 Å². The molecule has 0 saturated carbocycles. The van der Waals surface area contributed by atoms with E-state index in [2.05, 4.69) is 0 Å². The van der Waals surface area contributed by atoms with E-state index >= 15 is 0 Å². The number of amides is 1. The van der Waals surface area contributed by atoms with E-state index in [9.17, 15) is 14.4 Å². The van der Waals surface area contributed by atoms with Crippen molar-refractivity contribution in [2.24, 2.45) is 4.99 Å². The molecule has 2 aliphatic rings. The van der Waals surface area contributed by atoms with Crippen LogP contribution in [0.1, 0.15) is 50.8 Å². The number of hydrogen-bond acceptors (Lipinski definition) is 9. The molecule has 1 atom stereocenters. The van der Waals surface area contributed by atoms with Crippen LogP contribution in [0.5, 0.6) is 17.2 Å². The minimum Gasteiger partial charge on any atom is -0.496 e. The number of allylic oxidation sites excluding steroid dienone is 1. The molecular formula is C36H37N3O7S. The molecule has 0 N–H and O–H groups in total. The van der Waals surface area contributed by atoms with Gasteiger partial charge in [0, 0.05) is 18.7 Å². The number of carbonyl (C=O) groups excluding carboxylic acids is 2. The lowest BCUT2D eigenvalue weighted by Gasteiger charge is -2.27. The van der Waals surface area contributed by atoms with E-state index in [1.54, 1.807) is 43.7 Å². The van der Waals surface area contributed by atoms with Gasteiger partial charge in [-0.2, -0.15) is 0 Å². The maximum atomic E-state index is 14.3. The van der Waals surface area contributed by atoms with Gasteiger partial charge in [-0.1, -0.05) is 47.7 Å². The lowest BCUT2D eigenvalue weighted by molar-refractivity contribution is -0.139. The molecule has 11 heteroatoms. The first kappa shape index (κ1) is 32.1. The molecule has 0 unspecified atom stereocenters. The Morgan fingerprint density at radius 3 is 2.49 bits per heavy atom. The Labute approximate surface area is 276 Å². The van der Waals surface area contributed by atoms with Crippen LogP contribution in [0.4, 0.5) is 0 Å². The van der Waals surface area contributed by atoms with Crippen LogP contribution in [0.2, 0.25) is 0 Å². The minimum absolute atomic E-state index is 0.0509. The van der Waals surface area contributed by atoms with Crippen molar-refractivity contribution in [2.45, 2.75) is 39.7 Å². The van der Waals surface area contributed by atoms with Crippen molar-refractivity contribution in [2.75, 3.05) is 40.0 Å². The van der Waals surface area contributed by atoms with Crippen LogP contribution >= 0.6 is 11.3 Å². The normalized spacial score (nSPS) is 16.2. The summed E-state index contributed by atoms with van der Waals surface area (Å²) >= 11 is 1.24. The molecule has 1 fully saturated rings. The van der Waals surface area contributed by atoms with Crippen molar-refractivity contribution in [1.82, 2.24) is 9.47 Å². The summed E-state index contributed by atoms with van der Waals surface area (Å²) in [7, 11) is 1.57. The average molecular weight is 656 g/mol. The molecule has 47 heavy (non-hydrogen) atoms. The lowest BCUT2D eigenvalue weighted by Crippen LogP contribution is -2.40. The van der Waals surface area contributed by atoms with Crippen molar-refractivity contribution >= 4 is 40.1 Å². The summed E-state index contributed by atoms with van der Waals surface area (Å²) < 4.78 is 25.0. The molecule has 4 aromatic rings. The second kappa shape index (κ2) is 13.8. The van der Waals surface area contributed by atoms with Gasteiger partial charge >= 0.3 is 5.97 Å². The molecule has 1 aromatic heterocycles.